The molecular weight excluding hydrogens is 290 g/mol. The zero-order valence-corrected chi connectivity index (χ0v) is 12.7. The predicted molar refractivity (Wildman–Crippen MR) is 81.3 cm³/mol. The van der Waals surface area contributed by atoms with Gasteiger partial charge < -0.3 is 15.3 Å². The van der Waals surface area contributed by atoms with Gasteiger partial charge >= 0.3 is 12.0 Å². The maximum Gasteiger partial charge on any atom is 0.317 e. The van der Waals surface area contributed by atoms with Crippen LogP contribution in [0.15, 0.2) is 24.3 Å². The third-order valence-electron chi connectivity index (χ3n) is 3.05. The number of carboxylic acids is 1. The molecule has 1 unspecified atom stereocenters. The fraction of sp³-hybridized carbons (Fsp3) is 0.357. The molecule has 112 valence electrons. The number of carboxylic acid groups (broad SMARTS) is 1. The minimum Gasteiger partial charge on any atom is -0.481 e. The molecule has 1 heterocycles. The summed E-state index contributed by atoms with van der Waals surface area (Å²) in [5, 5.41) is 12.4. The molecule has 0 aliphatic rings. The van der Waals surface area contributed by atoms with Crippen molar-refractivity contribution in [3.63, 3.8) is 0 Å². The Morgan fingerprint density at radius 1 is 1.43 bits per heavy atom. The van der Waals surface area contributed by atoms with Gasteiger partial charge in [-0.05, 0) is 12.1 Å². The number of nitrogens with zero attached hydrogens (tertiary/aromatic N) is 2. The van der Waals surface area contributed by atoms with Crippen LogP contribution in [-0.2, 0) is 11.3 Å². The highest BCUT2D eigenvalue weighted by atomic mass is 32.1. The molecule has 0 bridgehead atoms. The topological polar surface area (TPSA) is 82.5 Å². The Hall–Kier alpha value is -2.15. The normalized spacial score (nSPS) is 12.1. The highest BCUT2D eigenvalue weighted by Gasteiger charge is 2.17. The van der Waals surface area contributed by atoms with E-state index >= 15 is 0 Å². The van der Waals surface area contributed by atoms with Crippen LogP contribution in [0.1, 0.15) is 11.9 Å². The summed E-state index contributed by atoms with van der Waals surface area (Å²) in [5.41, 5.74) is 0.916. The van der Waals surface area contributed by atoms with Gasteiger partial charge in [-0.3, -0.25) is 4.79 Å². The Morgan fingerprint density at radius 3 is 2.81 bits per heavy atom. The molecule has 2 rings (SSSR count). The van der Waals surface area contributed by atoms with Gasteiger partial charge in [0, 0.05) is 13.6 Å². The second-order valence-electron chi connectivity index (χ2n) is 4.85. The lowest BCUT2D eigenvalue weighted by Gasteiger charge is -2.19. The number of carbonyl (C=O) groups is 2. The fourth-order valence-corrected chi connectivity index (χ4v) is 2.76. The molecular formula is C14H17N3O3S. The van der Waals surface area contributed by atoms with Gasteiger partial charge in [-0.15, -0.1) is 11.3 Å². The van der Waals surface area contributed by atoms with Crippen molar-refractivity contribution in [3.05, 3.63) is 29.3 Å². The van der Waals surface area contributed by atoms with E-state index in [1.807, 2.05) is 24.3 Å². The summed E-state index contributed by atoms with van der Waals surface area (Å²) in [5.74, 6) is -1.51. The number of amides is 2. The van der Waals surface area contributed by atoms with Gasteiger partial charge in [0.25, 0.3) is 0 Å². The number of carbonyl (C=O) groups excluding carboxylic acids is 1. The van der Waals surface area contributed by atoms with Crippen LogP contribution in [0.4, 0.5) is 4.79 Å². The van der Waals surface area contributed by atoms with E-state index in [1.54, 1.807) is 14.0 Å². The average molecular weight is 307 g/mol. The second-order valence-corrected chi connectivity index (χ2v) is 5.97. The molecule has 1 atom stereocenters. The number of para-hydroxylation sites is 1. The number of thiazole rings is 1. The zero-order chi connectivity index (χ0) is 15.4. The molecule has 7 heteroatoms. The van der Waals surface area contributed by atoms with E-state index in [0.717, 1.165) is 15.2 Å². The van der Waals surface area contributed by atoms with Crippen LogP contribution >= 0.6 is 11.3 Å². The second kappa shape index (κ2) is 6.53. The molecule has 0 aliphatic heterocycles. The van der Waals surface area contributed by atoms with Gasteiger partial charge in [0.2, 0.25) is 0 Å². The Balaban J connectivity index is 1.89. The van der Waals surface area contributed by atoms with Crippen molar-refractivity contribution in [1.29, 1.82) is 0 Å². The highest BCUT2D eigenvalue weighted by Crippen LogP contribution is 2.21. The number of urea groups is 1. The fourth-order valence-electron chi connectivity index (χ4n) is 1.85. The molecule has 1 aromatic heterocycles. The van der Waals surface area contributed by atoms with Crippen molar-refractivity contribution >= 4 is 33.6 Å². The highest BCUT2D eigenvalue weighted by molar-refractivity contribution is 7.18. The van der Waals surface area contributed by atoms with Crippen molar-refractivity contribution in [2.75, 3.05) is 13.6 Å². The van der Waals surface area contributed by atoms with Gasteiger partial charge in [0.1, 0.15) is 5.01 Å². The molecule has 0 saturated carbocycles. The lowest BCUT2D eigenvalue weighted by Crippen LogP contribution is -2.40. The van der Waals surface area contributed by atoms with E-state index in [1.165, 1.54) is 16.2 Å². The molecule has 1 aromatic carbocycles. The lowest BCUT2D eigenvalue weighted by atomic mass is 10.2. The molecule has 0 spiro atoms. The zero-order valence-electron chi connectivity index (χ0n) is 11.9. The molecule has 0 aliphatic carbocycles. The number of benzene rings is 1. The summed E-state index contributed by atoms with van der Waals surface area (Å²) in [7, 11) is 1.58. The Labute approximate surface area is 126 Å². The Bertz CT molecular complexity index is 623. The summed E-state index contributed by atoms with van der Waals surface area (Å²) in [6.45, 7) is 2.07. The van der Waals surface area contributed by atoms with Crippen molar-refractivity contribution < 1.29 is 14.7 Å². The number of nitrogens with one attached hydrogen (secondary N) is 1. The number of aromatic nitrogens is 1. The van der Waals surface area contributed by atoms with E-state index in [-0.39, 0.29) is 12.6 Å². The van der Waals surface area contributed by atoms with Crippen LogP contribution in [0, 0.1) is 5.92 Å². The van der Waals surface area contributed by atoms with Gasteiger partial charge in [0.05, 0.1) is 22.7 Å². The maximum atomic E-state index is 11.9. The van der Waals surface area contributed by atoms with E-state index in [2.05, 4.69) is 10.3 Å². The first-order chi connectivity index (χ1) is 9.97. The third-order valence-corrected chi connectivity index (χ3v) is 4.08. The Morgan fingerprint density at radius 2 is 2.14 bits per heavy atom. The maximum absolute atomic E-state index is 11.9. The van der Waals surface area contributed by atoms with Gasteiger partial charge in [-0.25, -0.2) is 9.78 Å². The SMILES string of the molecule is CC(CN(C)C(=O)NCc1nc2ccccc2s1)C(=O)O. The summed E-state index contributed by atoms with van der Waals surface area (Å²) in [6.07, 6.45) is 0. The third kappa shape index (κ3) is 3.91. The molecule has 2 N–H and O–H groups in total. The van der Waals surface area contributed by atoms with Gasteiger partial charge in [0.15, 0.2) is 0 Å². The van der Waals surface area contributed by atoms with E-state index in [9.17, 15) is 9.59 Å². The van der Waals surface area contributed by atoms with Crippen LogP contribution in [0.5, 0.6) is 0 Å². The quantitative estimate of drug-likeness (QED) is 0.886. The van der Waals surface area contributed by atoms with Crippen molar-refractivity contribution in [3.8, 4) is 0 Å². The van der Waals surface area contributed by atoms with Crippen LogP contribution in [0.3, 0.4) is 0 Å². The number of aliphatic carboxylic acids is 1. The first kappa shape index (κ1) is 15.2. The first-order valence-electron chi connectivity index (χ1n) is 6.53. The standard InChI is InChI=1S/C14H17N3O3S/c1-9(13(18)19)8-17(2)14(20)15-7-12-16-10-5-3-4-6-11(10)21-12/h3-6,9H,7-8H2,1-2H3,(H,15,20)(H,18,19). The minimum atomic E-state index is -0.916. The predicted octanol–water partition coefficient (Wildman–Crippen LogP) is 2.16. The molecule has 6 nitrogen and oxygen atoms in total. The number of hydrogen-bond donors (Lipinski definition) is 2. The summed E-state index contributed by atoms with van der Waals surface area (Å²) in [6, 6.07) is 7.48. The smallest absolute Gasteiger partial charge is 0.317 e. The largest absolute Gasteiger partial charge is 0.481 e. The Kier molecular flexibility index (Phi) is 4.74. The van der Waals surface area contributed by atoms with E-state index in [4.69, 9.17) is 5.11 Å². The van der Waals surface area contributed by atoms with Gasteiger partial charge in [-0.2, -0.15) is 0 Å². The van der Waals surface area contributed by atoms with E-state index in [0.29, 0.717) is 6.54 Å². The monoisotopic (exact) mass is 307 g/mol. The van der Waals surface area contributed by atoms with Crippen molar-refractivity contribution in [2.24, 2.45) is 5.92 Å². The van der Waals surface area contributed by atoms with E-state index < -0.39 is 11.9 Å². The summed E-state index contributed by atoms with van der Waals surface area (Å²) < 4.78 is 1.08. The van der Waals surface area contributed by atoms with Crippen LogP contribution in [0.25, 0.3) is 10.2 Å². The number of fused-ring (bicyclic) bond motifs is 1. The number of hydrogen-bond acceptors (Lipinski definition) is 4. The average Bonchev–Trinajstić information content (AvgIpc) is 2.87. The van der Waals surface area contributed by atoms with Gasteiger partial charge in [-0.1, -0.05) is 19.1 Å². The molecule has 0 saturated heterocycles. The first-order valence-corrected chi connectivity index (χ1v) is 7.35. The molecule has 21 heavy (non-hydrogen) atoms. The number of rotatable bonds is 5. The van der Waals surface area contributed by atoms with Crippen LogP contribution < -0.4 is 5.32 Å². The lowest BCUT2D eigenvalue weighted by molar-refractivity contribution is -0.141. The minimum absolute atomic E-state index is 0.168. The molecule has 2 aromatic rings. The molecule has 0 fully saturated rings. The van der Waals surface area contributed by atoms with Crippen molar-refractivity contribution in [1.82, 2.24) is 15.2 Å². The van der Waals surface area contributed by atoms with Crippen LogP contribution in [0.2, 0.25) is 0 Å². The molecule has 2 amide bonds. The molecule has 0 radical (unpaired) electrons. The van der Waals surface area contributed by atoms with Crippen LogP contribution in [-0.4, -0.2) is 40.6 Å². The summed E-state index contributed by atoms with van der Waals surface area (Å²) in [4.78, 5) is 28.4. The van der Waals surface area contributed by atoms with Crippen molar-refractivity contribution in [2.45, 2.75) is 13.5 Å². The summed E-state index contributed by atoms with van der Waals surface area (Å²) >= 11 is 1.53.